The number of aromatic nitrogens is 2. The SMILES string of the molecule is CN(c1ccc(F)cc1)S(=O)(=O)c1cnn(CCCl)c1. The van der Waals surface area contributed by atoms with E-state index in [1.54, 1.807) is 0 Å². The van der Waals surface area contributed by atoms with Crippen molar-refractivity contribution in [3.8, 4) is 0 Å². The van der Waals surface area contributed by atoms with Crippen LogP contribution in [0.1, 0.15) is 0 Å². The summed E-state index contributed by atoms with van der Waals surface area (Å²) in [6.45, 7) is 0.428. The molecule has 108 valence electrons. The van der Waals surface area contributed by atoms with E-state index >= 15 is 0 Å². The summed E-state index contributed by atoms with van der Waals surface area (Å²) in [5.74, 6) is -0.0795. The fourth-order valence-corrected chi connectivity index (χ4v) is 2.96. The third-order valence-corrected chi connectivity index (χ3v) is 4.68. The van der Waals surface area contributed by atoms with Crippen molar-refractivity contribution in [1.29, 1.82) is 0 Å². The van der Waals surface area contributed by atoms with Gasteiger partial charge in [0.2, 0.25) is 0 Å². The predicted octanol–water partition coefficient (Wildman–Crippen LogP) is 2.09. The lowest BCUT2D eigenvalue weighted by Crippen LogP contribution is -2.26. The molecule has 2 rings (SSSR count). The van der Waals surface area contributed by atoms with E-state index in [1.807, 2.05) is 0 Å². The molecule has 0 atom stereocenters. The second kappa shape index (κ2) is 5.80. The second-order valence-electron chi connectivity index (χ2n) is 4.08. The summed E-state index contributed by atoms with van der Waals surface area (Å²) in [7, 11) is -2.31. The molecule has 2 aromatic rings. The molecule has 1 aromatic heterocycles. The normalized spacial score (nSPS) is 11.6. The summed E-state index contributed by atoms with van der Waals surface area (Å²) in [6.07, 6.45) is 2.68. The van der Waals surface area contributed by atoms with Crippen LogP contribution in [0.5, 0.6) is 0 Å². The molecule has 0 spiro atoms. The molecule has 0 radical (unpaired) electrons. The van der Waals surface area contributed by atoms with Crippen LogP contribution in [0.3, 0.4) is 0 Å². The van der Waals surface area contributed by atoms with Gasteiger partial charge in [-0.1, -0.05) is 0 Å². The van der Waals surface area contributed by atoms with E-state index in [0.717, 1.165) is 4.31 Å². The van der Waals surface area contributed by atoms with Gasteiger partial charge >= 0.3 is 0 Å². The van der Waals surface area contributed by atoms with Crippen molar-refractivity contribution in [1.82, 2.24) is 9.78 Å². The van der Waals surface area contributed by atoms with Crippen LogP contribution in [0.25, 0.3) is 0 Å². The monoisotopic (exact) mass is 317 g/mol. The molecule has 1 heterocycles. The minimum absolute atomic E-state index is 0.0643. The standard InChI is InChI=1S/C12H13ClFN3O2S/c1-16(11-4-2-10(14)3-5-11)20(18,19)12-8-15-17(9-12)7-6-13/h2-5,8-9H,6-7H2,1H3. The summed E-state index contributed by atoms with van der Waals surface area (Å²) < 4.78 is 40.2. The summed E-state index contributed by atoms with van der Waals surface area (Å²) in [5, 5.41) is 3.93. The number of halogens is 2. The summed E-state index contributed by atoms with van der Waals surface area (Å²) in [6, 6.07) is 5.21. The Morgan fingerprint density at radius 2 is 2.00 bits per heavy atom. The Balaban J connectivity index is 2.30. The van der Waals surface area contributed by atoms with E-state index in [-0.39, 0.29) is 4.90 Å². The minimum atomic E-state index is -3.72. The molecule has 0 N–H and O–H groups in total. The zero-order chi connectivity index (χ0) is 14.8. The fourth-order valence-electron chi connectivity index (χ4n) is 1.63. The quantitative estimate of drug-likeness (QED) is 0.793. The van der Waals surface area contributed by atoms with Crippen LogP contribution in [0.15, 0.2) is 41.6 Å². The summed E-state index contributed by atoms with van der Waals surface area (Å²) in [5.41, 5.74) is 0.372. The highest BCUT2D eigenvalue weighted by Crippen LogP contribution is 2.21. The van der Waals surface area contributed by atoms with Crippen molar-refractivity contribution in [2.24, 2.45) is 0 Å². The van der Waals surface area contributed by atoms with E-state index < -0.39 is 15.8 Å². The number of aryl methyl sites for hydroxylation is 1. The van der Waals surface area contributed by atoms with E-state index in [4.69, 9.17) is 11.6 Å². The van der Waals surface area contributed by atoms with Crippen molar-refractivity contribution in [3.63, 3.8) is 0 Å². The molecule has 0 saturated heterocycles. The van der Waals surface area contributed by atoms with Gasteiger partial charge in [0.25, 0.3) is 10.0 Å². The van der Waals surface area contributed by atoms with Crippen molar-refractivity contribution >= 4 is 27.3 Å². The molecule has 20 heavy (non-hydrogen) atoms. The maximum atomic E-state index is 12.9. The van der Waals surface area contributed by atoms with Crippen LogP contribution in [0, 0.1) is 5.82 Å². The van der Waals surface area contributed by atoms with Crippen molar-refractivity contribution in [3.05, 3.63) is 42.5 Å². The maximum Gasteiger partial charge on any atom is 0.267 e. The molecular weight excluding hydrogens is 305 g/mol. The third kappa shape index (κ3) is 2.94. The minimum Gasteiger partial charge on any atom is -0.270 e. The molecule has 0 amide bonds. The molecule has 1 aromatic carbocycles. The van der Waals surface area contributed by atoms with Crippen LogP contribution in [-0.4, -0.2) is 31.1 Å². The number of nitrogens with zero attached hydrogens (tertiary/aromatic N) is 3. The molecule has 0 aliphatic carbocycles. The average molecular weight is 318 g/mol. The first kappa shape index (κ1) is 14.8. The van der Waals surface area contributed by atoms with Crippen LogP contribution < -0.4 is 4.31 Å². The zero-order valence-corrected chi connectivity index (χ0v) is 12.3. The number of hydrogen-bond donors (Lipinski definition) is 0. The number of benzene rings is 1. The molecule has 8 heteroatoms. The lowest BCUT2D eigenvalue weighted by molar-refractivity contribution is 0.593. The van der Waals surface area contributed by atoms with E-state index in [9.17, 15) is 12.8 Å². The van der Waals surface area contributed by atoms with Crippen molar-refractivity contribution in [2.45, 2.75) is 11.4 Å². The smallest absolute Gasteiger partial charge is 0.267 e. The Bertz CT molecular complexity index is 685. The topological polar surface area (TPSA) is 55.2 Å². The van der Waals surface area contributed by atoms with Crippen molar-refractivity contribution < 1.29 is 12.8 Å². The van der Waals surface area contributed by atoms with Gasteiger partial charge in [-0.05, 0) is 24.3 Å². The number of sulfonamides is 1. The highest BCUT2D eigenvalue weighted by molar-refractivity contribution is 7.92. The van der Waals surface area contributed by atoms with Gasteiger partial charge in [-0.15, -0.1) is 11.6 Å². The Morgan fingerprint density at radius 3 is 2.60 bits per heavy atom. The molecule has 0 fully saturated rings. The van der Waals surface area contributed by atoms with Gasteiger partial charge in [0.15, 0.2) is 0 Å². The summed E-state index contributed by atoms with van der Waals surface area (Å²) in [4.78, 5) is 0.0643. The zero-order valence-electron chi connectivity index (χ0n) is 10.7. The molecule has 0 aliphatic rings. The highest BCUT2D eigenvalue weighted by atomic mass is 35.5. The molecule has 0 aliphatic heterocycles. The van der Waals surface area contributed by atoms with Gasteiger partial charge < -0.3 is 0 Å². The van der Waals surface area contributed by atoms with Gasteiger partial charge in [0, 0.05) is 19.1 Å². The molecular formula is C12H13ClFN3O2S. The number of hydrogen-bond acceptors (Lipinski definition) is 3. The van der Waals surface area contributed by atoms with E-state index in [0.29, 0.717) is 18.1 Å². The number of rotatable bonds is 5. The first-order valence-corrected chi connectivity index (χ1v) is 7.75. The van der Waals surface area contributed by atoms with Crippen LogP contribution in [-0.2, 0) is 16.6 Å². The van der Waals surface area contributed by atoms with Gasteiger partial charge in [0.1, 0.15) is 10.7 Å². The molecule has 5 nitrogen and oxygen atoms in total. The Labute approximate surface area is 121 Å². The molecule has 0 unspecified atom stereocenters. The van der Waals surface area contributed by atoms with Crippen LogP contribution >= 0.6 is 11.6 Å². The lowest BCUT2D eigenvalue weighted by Gasteiger charge is -2.18. The fraction of sp³-hybridized carbons (Fsp3) is 0.250. The van der Waals surface area contributed by atoms with Gasteiger partial charge in [-0.3, -0.25) is 8.99 Å². The molecule has 0 saturated carbocycles. The largest absolute Gasteiger partial charge is 0.270 e. The maximum absolute atomic E-state index is 12.9. The van der Waals surface area contributed by atoms with Crippen LogP contribution in [0.2, 0.25) is 0 Å². The highest BCUT2D eigenvalue weighted by Gasteiger charge is 2.23. The lowest BCUT2D eigenvalue weighted by atomic mass is 10.3. The summed E-state index contributed by atoms with van der Waals surface area (Å²) >= 11 is 5.58. The van der Waals surface area contributed by atoms with Crippen LogP contribution in [0.4, 0.5) is 10.1 Å². The first-order chi connectivity index (χ1) is 9.45. The van der Waals surface area contributed by atoms with Gasteiger partial charge in [-0.2, -0.15) is 5.10 Å². The second-order valence-corrected chi connectivity index (χ2v) is 6.42. The Hall–Kier alpha value is -1.60. The van der Waals surface area contributed by atoms with Crippen molar-refractivity contribution in [2.75, 3.05) is 17.2 Å². The predicted molar refractivity (Wildman–Crippen MR) is 74.9 cm³/mol. The molecule has 0 bridgehead atoms. The van der Waals surface area contributed by atoms with Gasteiger partial charge in [0.05, 0.1) is 18.4 Å². The number of alkyl halides is 1. The van der Waals surface area contributed by atoms with E-state index in [2.05, 4.69) is 5.10 Å². The average Bonchev–Trinajstić information content (AvgIpc) is 2.88. The van der Waals surface area contributed by atoms with E-state index in [1.165, 1.54) is 48.4 Å². The van der Waals surface area contributed by atoms with Gasteiger partial charge in [-0.25, -0.2) is 12.8 Å². The first-order valence-electron chi connectivity index (χ1n) is 5.78. The third-order valence-electron chi connectivity index (χ3n) is 2.77. The Kier molecular flexibility index (Phi) is 4.29. The Morgan fingerprint density at radius 1 is 1.35 bits per heavy atom. The number of anilines is 1.